The van der Waals surface area contributed by atoms with Gasteiger partial charge < -0.3 is 4.84 Å². The average molecular weight is 420 g/mol. The van der Waals surface area contributed by atoms with Crippen LogP contribution in [0.5, 0.6) is 0 Å². The molecule has 2 aromatic carbocycles. The SMILES string of the molecule is Cn1nc2c3cc(C4CC(Cl)=NO4)ccc3n(-c3ccc(C(F)(F)F)cc3)c2n1. The highest BCUT2D eigenvalue weighted by Gasteiger charge is 2.30. The lowest BCUT2D eigenvalue weighted by Gasteiger charge is -2.11. The first kappa shape index (κ1) is 18.0. The van der Waals surface area contributed by atoms with Crippen molar-refractivity contribution in [1.29, 1.82) is 0 Å². The number of hydrogen-bond donors (Lipinski definition) is 0. The molecule has 1 aliphatic rings. The predicted octanol–water partition coefficient (Wildman–Crippen LogP) is 4.94. The summed E-state index contributed by atoms with van der Waals surface area (Å²) >= 11 is 5.92. The summed E-state index contributed by atoms with van der Waals surface area (Å²) < 4.78 is 40.6. The second kappa shape index (κ2) is 6.21. The molecule has 148 valence electrons. The first-order chi connectivity index (χ1) is 13.8. The van der Waals surface area contributed by atoms with Crippen molar-refractivity contribution in [3.05, 3.63) is 53.6 Å². The van der Waals surface area contributed by atoms with Crippen LogP contribution in [0, 0.1) is 0 Å². The molecule has 5 rings (SSSR count). The van der Waals surface area contributed by atoms with Crippen LogP contribution >= 0.6 is 11.6 Å². The van der Waals surface area contributed by atoms with E-state index >= 15 is 0 Å². The summed E-state index contributed by atoms with van der Waals surface area (Å²) in [6.45, 7) is 0. The van der Waals surface area contributed by atoms with Crippen molar-refractivity contribution in [2.24, 2.45) is 12.2 Å². The third kappa shape index (κ3) is 2.93. The van der Waals surface area contributed by atoms with Crippen LogP contribution in [-0.4, -0.2) is 24.7 Å². The summed E-state index contributed by atoms with van der Waals surface area (Å²) in [5, 5.41) is 13.8. The van der Waals surface area contributed by atoms with Crippen molar-refractivity contribution in [3.8, 4) is 5.69 Å². The molecule has 0 bridgehead atoms. The Morgan fingerprint density at radius 1 is 1.10 bits per heavy atom. The van der Waals surface area contributed by atoms with Crippen LogP contribution < -0.4 is 0 Å². The number of hydrogen-bond acceptors (Lipinski definition) is 4. The van der Waals surface area contributed by atoms with E-state index in [-0.39, 0.29) is 6.10 Å². The molecule has 0 radical (unpaired) electrons. The topological polar surface area (TPSA) is 57.2 Å². The summed E-state index contributed by atoms with van der Waals surface area (Å²) in [6.07, 6.45) is -4.19. The maximum atomic E-state index is 12.9. The van der Waals surface area contributed by atoms with E-state index in [1.807, 2.05) is 18.2 Å². The monoisotopic (exact) mass is 419 g/mol. The highest BCUT2D eigenvalue weighted by molar-refractivity contribution is 6.65. The molecule has 0 saturated heterocycles. The molecule has 0 N–H and O–H groups in total. The van der Waals surface area contributed by atoms with E-state index < -0.39 is 11.7 Å². The number of aromatic nitrogens is 4. The van der Waals surface area contributed by atoms with Crippen LogP contribution in [0.4, 0.5) is 13.2 Å². The Labute approximate surface area is 167 Å². The number of alkyl halides is 3. The standard InChI is InChI=1S/C19H13ClF3N5O/c1-27-24-17-13-8-10(15-9-16(20)26-29-15)2-7-14(13)28(18(17)25-27)12-5-3-11(4-6-12)19(21,22)23/h2-8,15H,9H2,1H3. The van der Waals surface area contributed by atoms with Crippen molar-refractivity contribution >= 4 is 38.8 Å². The maximum Gasteiger partial charge on any atom is 0.416 e. The third-order valence-electron chi connectivity index (χ3n) is 4.88. The molecular weight excluding hydrogens is 407 g/mol. The van der Waals surface area contributed by atoms with Gasteiger partial charge in [-0.15, -0.1) is 5.10 Å². The van der Waals surface area contributed by atoms with E-state index in [2.05, 4.69) is 15.4 Å². The summed E-state index contributed by atoms with van der Waals surface area (Å²) in [4.78, 5) is 6.79. The molecule has 1 unspecified atom stereocenters. The number of oxime groups is 1. The summed E-state index contributed by atoms with van der Waals surface area (Å²) in [7, 11) is 1.69. The van der Waals surface area contributed by atoms with Crippen molar-refractivity contribution < 1.29 is 18.0 Å². The van der Waals surface area contributed by atoms with Crippen LogP contribution in [0.2, 0.25) is 0 Å². The van der Waals surface area contributed by atoms with Gasteiger partial charge in [-0.05, 0) is 42.0 Å². The molecule has 0 fully saturated rings. The number of nitrogens with zero attached hydrogens (tertiary/aromatic N) is 5. The second-order valence-electron chi connectivity index (χ2n) is 6.78. The molecule has 0 amide bonds. The van der Waals surface area contributed by atoms with Crippen LogP contribution in [-0.2, 0) is 18.1 Å². The average Bonchev–Trinajstić information content (AvgIpc) is 3.34. The van der Waals surface area contributed by atoms with E-state index in [9.17, 15) is 13.2 Å². The lowest BCUT2D eigenvalue weighted by Crippen LogP contribution is -2.05. The molecule has 10 heteroatoms. The highest BCUT2D eigenvalue weighted by Crippen LogP contribution is 2.36. The van der Waals surface area contributed by atoms with Gasteiger partial charge >= 0.3 is 6.18 Å². The Bertz CT molecular complexity index is 1270. The van der Waals surface area contributed by atoms with Gasteiger partial charge in [-0.3, -0.25) is 4.57 Å². The molecule has 0 aliphatic carbocycles. The van der Waals surface area contributed by atoms with E-state index in [0.29, 0.717) is 28.4 Å². The molecule has 0 spiro atoms. The van der Waals surface area contributed by atoms with Crippen molar-refractivity contribution in [2.75, 3.05) is 0 Å². The van der Waals surface area contributed by atoms with Gasteiger partial charge in [0.2, 0.25) is 0 Å². The fourth-order valence-electron chi connectivity index (χ4n) is 3.56. The first-order valence-corrected chi connectivity index (χ1v) is 9.10. The molecule has 0 saturated carbocycles. The zero-order valence-electron chi connectivity index (χ0n) is 15.0. The number of aryl methyl sites for hydroxylation is 1. The van der Waals surface area contributed by atoms with Gasteiger partial charge in [-0.2, -0.15) is 23.1 Å². The largest absolute Gasteiger partial charge is 0.416 e. The number of halogens is 4. The zero-order chi connectivity index (χ0) is 20.3. The first-order valence-electron chi connectivity index (χ1n) is 8.72. The Kier molecular flexibility index (Phi) is 3.86. The van der Waals surface area contributed by atoms with Crippen LogP contribution in [0.1, 0.15) is 23.7 Å². The Morgan fingerprint density at radius 2 is 1.86 bits per heavy atom. The van der Waals surface area contributed by atoms with E-state index in [1.54, 1.807) is 11.6 Å². The quantitative estimate of drug-likeness (QED) is 0.462. The van der Waals surface area contributed by atoms with Crippen LogP contribution in [0.3, 0.4) is 0 Å². The van der Waals surface area contributed by atoms with Gasteiger partial charge in [0.15, 0.2) is 11.8 Å². The normalized spacial score (nSPS) is 17.1. The van der Waals surface area contributed by atoms with Crippen molar-refractivity contribution in [2.45, 2.75) is 18.7 Å². The predicted molar refractivity (Wildman–Crippen MR) is 102 cm³/mol. The zero-order valence-corrected chi connectivity index (χ0v) is 15.7. The molecule has 1 atom stereocenters. The fourth-order valence-corrected chi connectivity index (χ4v) is 3.74. The van der Waals surface area contributed by atoms with E-state index in [1.165, 1.54) is 16.9 Å². The summed E-state index contributed by atoms with van der Waals surface area (Å²) in [6, 6.07) is 10.7. The van der Waals surface area contributed by atoms with Crippen molar-refractivity contribution in [1.82, 2.24) is 19.6 Å². The minimum Gasteiger partial charge on any atom is -0.386 e. The van der Waals surface area contributed by atoms with E-state index in [4.69, 9.17) is 16.4 Å². The summed E-state index contributed by atoms with van der Waals surface area (Å²) in [5.74, 6) is 0. The molecule has 29 heavy (non-hydrogen) atoms. The van der Waals surface area contributed by atoms with Gasteiger partial charge in [0.05, 0.1) is 11.1 Å². The molecule has 3 heterocycles. The molecule has 6 nitrogen and oxygen atoms in total. The highest BCUT2D eigenvalue weighted by atomic mass is 35.5. The lowest BCUT2D eigenvalue weighted by atomic mass is 10.1. The number of rotatable bonds is 2. The third-order valence-corrected chi connectivity index (χ3v) is 5.11. The molecule has 1 aliphatic heterocycles. The van der Waals surface area contributed by atoms with Gasteiger partial charge in [-0.25, -0.2) is 0 Å². The Morgan fingerprint density at radius 3 is 2.52 bits per heavy atom. The van der Waals surface area contributed by atoms with Gasteiger partial charge in [-0.1, -0.05) is 22.8 Å². The van der Waals surface area contributed by atoms with Crippen LogP contribution in [0.25, 0.3) is 27.8 Å². The smallest absolute Gasteiger partial charge is 0.386 e. The van der Waals surface area contributed by atoms with E-state index in [0.717, 1.165) is 28.6 Å². The number of benzene rings is 2. The lowest BCUT2D eigenvalue weighted by molar-refractivity contribution is -0.137. The molecular formula is C19H13ClF3N5O. The Balaban J connectivity index is 1.68. The second-order valence-corrected chi connectivity index (χ2v) is 7.22. The van der Waals surface area contributed by atoms with Crippen LogP contribution in [0.15, 0.2) is 47.6 Å². The fraction of sp³-hybridized carbons (Fsp3) is 0.211. The van der Waals surface area contributed by atoms with Gasteiger partial charge in [0, 0.05) is 24.5 Å². The van der Waals surface area contributed by atoms with Gasteiger partial charge in [0.1, 0.15) is 10.7 Å². The van der Waals surface area contributed by atoms with Gasteiger partial charge in [0.25, 0.3) is 0 Å². The minimum absolute atomic E-state index is 0.284. The Hall–Kier alpha value is -3.07. The molecule has 2 aromatic heterocycles. The molecule has 4 aromatic rings. The summed E-state index contributed by atoms with van der Waals surface area (Å²) in [5.41, 5.74) is 2.73. The number of fused-ring (bicyclic) bond motifs is 3. The maximum absolute atomic E-state index is 12.9. The van der Waals surface area contributed by atoms with Crippen molar-refractivity contribution in [3.63, 3.8) is 0 Å². The minimum atomic E-state index is -4.39.